The lowest BCUT2D eigenvalue weighted by Crippen LogP contribution is -2.50. The van der Waals surface area contributed by atoms with Gasteiger partial charge in [-0.2, -0.15) is 0 Å². The molecule has 0 saturated heterocycles. The van der Waals surface area contributed by atoms with Crippen molar-refractivity contribution in [2.45, 2.75) is 32.4 Å². The fraction of sp³-hybridized carbons (Fsp3) is 0.700. The number of aromatic nitrogens is 1. The number of rotatable bonds is 6. The number of thiazole rings is 1. The molecule has 7 heteroatoms. The van der Waals surface area contributed by atoms with E-state index < -0.39 is 15.6 Å². The van der Waals surface area contributed by atoms with Gasteiger partial charge in [0.2, 0.25) is 10.0 Å². The van der Waals surface area contributed by atoms with Crippen LogP contribution in [0.15, 0.2) is 11.6 Å². The second kappa shape index (κ2) is 5.43. The standard InChI is InChI=1S/C10H19N3O2S2/c1-8(9-11-5-6-16-9)12-7-10(2,3)13-17(4,14)15/h5-6,8,12-13H,7H2,1-4H3. The molecule has 0 saturated carbocycles. The molecule has 1 heterocycles. The van der Waals surface area contributed by atoms with E-state index in [1.165, 1.54) is 6.26 Å². The van der Waals surface area contributed by atoms with Crippen molar-refractivity contribution in [3.05, 3.63) is 16.6 Å². The summed E-state index contributed by atoms with van der Waals surface area (Å²) in [6, 6.07) is 0.121. The van der Waals surface area contributed by atoms with E-state index in [0.717, 1.165) is 5.01 Å². The van der Waals surface area contributed by atoms with Crippen molar-refractivity contribution < 1.29 is 8.42 Å². The third-order valence-corrected chi connectivity index (χ3v) is 4.02. The van der Waals surface area contributed by atoms with E-state index in [0.29, 0.717) is 6.54 Å². The van der Waals surface area contributed by atoms with E-state index in [-0.39, 0.29) is 6.04 Å². The van der Waals surface area contributed by atoms with Gasteiger partial charge >= 0.3 is 0 Å². The average Bonchev–Trinajstić information content (AvgIpc) is 2.63. The third kappa shape index (κ3) is 5.58. The van der Waals surface area contributed by atoms with Crippen molar-refractivity contribution in [1.82, 2.24) is 15.0 Å². The molecule has 1 aromatic rings. The van der Waals surface area contributed by atoms with Crippen molar-refractivity contribution in [3.8, 4) is 0 Å². The van der Waals surface area contributed by atoms with Crippen LogP contribution in [0, 0.1) is 0 Å². The predicted octanol–water partition coefficient (Wildman–Crippen LogP) is 1.12. The molecule has 98 valence electrons. The molecule has 5 nitrogen and oxygen atoms in total. The smallest absolute Gasteiger partial charge is 0.209 e. The highest BCUT2D eigenvalue weighted by atomic mass is 32.2. The molecule has 2 N–H and O–H groups in total. The second-order valence-corrected chi connectivity index (χ2v) is 7.41. The summed E-state index contributed by atoms with van der Waals surface area (Å²) in [4.78, 5) is 4.21. The lowest BCUT2D eigenvalue weighted by atomic mass is 10.1. The summed E-state index contributed by atoms with van der Waals surface area (Å²) in [5.74, 6) is 0. The Balaban J connectivity index is 2.50. The second-order valence-electron chi connectivity index (χ2n) is 4.73. The van der Waals surface area contributed by atoms with Gasteiger partial charge in [-0.3, -0.25) is 0 Å². The highest BCUT2D eigenvalue weighted by Gasteiger charge is 2.23. The minimum Gasteiger partial charge on any atom is -0.306 e. The van der Waals surface area contributed by atoms with Crippen molar-refractivity contribution in [2.75, 3.05) is 12.8 Å². The normalized spacial score (nSPS) is 14.8. The van der Waals surface area contributed by atoms with E-state index in [9.17, 15) is 8.42 Å². The number of sulfonamides is 1. The van der Waals surface area contributed by atoms with Crippen molar-refractivity contribution in [1.29, 1.82) is 0 Å². The summed E-state index contributed by atoms with van der Waals surface area (Å²) < 4.78 is 24.9. The zero-order valence-electron chi connectivity index (χ0n) is 10.5. The van der Waals surface area contributed by atoms with Gasteiger partial charge in [0.05, 0.1) is 12.3 Å². The molecule has 0 amide bonds. The molecule has 0 aliphatic rings. The summed E-state index contributed by atoms with van der Waals surface area (Å²) in [5.41, 5.74) is -0.515. The lowest BCUT2D eigenvalue weighted by molar-refractivity contribution is 0.399. The van der Waals surface area contributed by atoms with Gasteiger partial charge in [-0.15, -0.1) is 11.3 Å². The van der Waals surface area contributed by atoms with E-state index in [1.54, 1.807) is 17.5 Å². The Morgan fingerprint density at radius 1 is 1.53 bits per heavy atom. The lowest BCUT2D eigenvalue weighted by Gasteiger charge is -2.27. The monoisotopic (exact) mass is 277 g/mol. The molecule has 1 rings (SSSR count). The number of hydrogen-bond acceptors (Lipinski definition) is 5. The summed E-state index contributed by atoms with van der Waals surface area (Å²) in [6.45, 7) is 6.24. The average molecular weight is 277 g/mol. The SMILES string of the molecule is CC(NCC(C)(C)NS(C)(=O)=O)c1nccs1. The van der Waals surface area contributed by atoms with Crippen LogP contribution < -0.4 is 10.0 Å². The van der Waals surface area contributed by atoms with Gasteiger partial charge in [-0.1, -0.05) is 0 Å². The maximum absolute atomic E-state index is 11.2. The van der Waals surface area contributed by atoms with Crippen LogP contribution in [0.4, 0.5) is 0 Å². The van der Waals surface area contributed by atoms with Crippen LogP contribution in [0.2, 0.25) is 0 Å². The first-order chi connectivity index (χ1) is 7.70. The van der Waals surface area contributed by atoms with Gasteiger partial charge in [0.1, 0.15) is 5.01 Å². The van der Waals surface area contributed by atoms with Crippen LogP contribution in [0.25, 0.3) is 0 Å². The van der Waals surface area contributed by atoms with Crippen molar-refractivity contribution >= 4 is 21.4 Å². The molecular formula is C10H19N3O2S2. The maximum Gasteiger partial charge on any atom is 0.209 e. The zero-order valence-corrected chi connectivity index (χ0v) is 12.2. The number of hydrogen-bond donors (Lipinski definition) is 2. The topological polar surface area (TPSA) is 71.1 Å². The summed E-state index contributed by atoms with van der Waals surface area (Å²) in [7, 11) is -3.19. The molecule has 1 unspecified atom stereocenters. The zero-order chi connectivity index (χ0) is 13.1. The molecule has 0 bridgehead atoms. The predicted molar refractivity (Wildman–Crippen MR) is 70.6 cm³/mol. The molecule has 1 aromatic heterocycles. The fourth-order valence-corrected chi connectivity index (χ4v) is 3.23. The van der Waals surface area contributed by atoms with Crippen molar-refractivity contribution in [2.24, 2.45) is 0 Å². The minimum atomic E-state index is -3.19. The van der Waals surface area contributed by atoms with Crippen LogP contribution in [-0.2, 0) is 10.0 Å². The minimum absolute atomic E-state index is 0.121. The molecule has 0 fully saturated rings. The summed E-state index contributed by atoms with van der Waals surface area (Å²) in [5, 5.41) is 6.19. The van der Waals surface area contributed by atoms with Crippen LogP contribution in [-0.4, -0.2) is 31.7 Å². The molecule has 0 aliphatic heterocycles. The highest BCUT2D eigenvalue weighted by Crippen LogP contribution is 2.15. The van der Waals surface area contributed by atoms with Gasteiger partial charge < -0.3 is 5.32 Å². The molecule has 0 aliphatic carbocycles. The Kier molecular flexibility index (Phi) is 4.65. The molecule has 0 radical (unpaired) electrons. The summed E-state index contributed by atoms with van der Waals surface area (Å²) in [6.07, 6.45) is 2.93. The van der Waals surface area contributed by atoms with Crippen LogP contribution in [0.1, 0.15) is 31.8 Å². The quantitative estimate of drug-likeness (QED) is 0.817. The fourth-order valence-electron chi connectivity index (χ4n) is 1.48. The maximum atomic E-state index is 11.2. The van der Waals surface area contributed by atoms with Gasteiger partial charge in [-0.05, 0) is 20.8 Å². The van der Waals surface area contributed by atoms with E-state index in [4.69, 9.17) is 0 Å². The summed E-state index contributed by atoms with van der Waals surface area (Å²) >= 11 is 1.58. The van der Waals surface area contributed by atoms with Crippen LogP contribution in [0.3, 0.4) is 0 Å². The Morgan fingerprint density at radius 3 is 2.65 bits per heavy atom. The Bertz CT molecular complexity index is 440. The van der Waals surface area contributed by atoms with Crippen LogP contribution in [0.5, 0.6) is 0 Å². The molecular weight excluding hydrogens is 258 g/mol. The highest BCUT2D eigenvalue weighted by molar-refractivity contribution is 7.88. The van der Waals surface area contributed by atoms with Crippen molar-refractivity contribution in [3.63, 3.8) is 0 Å². The molecule has 17 heavy (non-hydrogen) atoms. The van der Waals surface area contributed by atoms with Gasteiger partial charge in [0.15, 0.2) is 0 Å². The Morgan fingerprint density at radius 2 is 2.18 bits per heavy atom. The largest absolute Gasteiger partial charge is 0.306 e. The molecule has 0 spiro atoms. The van der Waals surface area contributed by atoms with E-state index in [2.05, 4.69) is 15.0 Å². The molecule has 1 atom stereocenters. The first kappa shape index (κ1) is 14.6. The third-order valence-electron chi connectivity index (χ3n) is 2.13. The molecule has 0 aromatic carbocycles. The number of nitrogens with one attached hydrogen (secondary N) is 2. The number of nitrogens with zero attached hydrogens (tertiary/aromatic N) is 1. The van der Waals surface area contributed by atoms with E-state index >= 15 is 0 Å². The first-order valence-electron chi connectivity index (χ1n) is 5.31. The Hall–Kier alpha value is -0.500. The van der Waals surface area contributed by atoms with Gasteiger partial charge in [0, 0.05) is 23.7 Å². The van der Waals surface area contributed by atoms with Gasteiger partial charge in [0.25, 0.3) is 0 Å². The van der Waals surface area contributed by atoms with Gasteiger partial charge in [-0.25, -0.2) is 18.1 Å². The van der Waals surface area contributed by atoms with E-state index in [1.807, 2.05) is 26.2 Å². The Labute approximate surface area is 107 Å². The first-order valence-corrected chi connectivity index (χ1v) is 8.08. The van der Waals surface area contributed by atoms with Crippen LogP contribution >= 0.6 is 11.3 Å².